The summed E-state index contributed by atoms with van der Waals surface area (Å²) in [5.74, 6) is 0.0752. The average molecular weight is 239 g/mol. The Labute approximate surface area is 100 Å². The van der Waals surface area contributed by atoms with E-state index in [1.807, 2.05) is 17.0 Å². The van der Waals surface area contributed by atoms with Crippen molar-refractivity contribution in [3.05, 3.63) is 34.9 Å². The summed E-state index contributed by atoms with van der Waals surface area (Å²) in [5.41, 5.74) is 0.675. The molecule has 1 aliphatic heterocycles. The van der Waals surface area contributed by atoms with Crippen LogP contribution in [0.2, 0.25) is 5.02 Å². The molecule has 0 saturated carbocycles. The van der Waals surface area contributed by atoms with Gasteiger partial charge in [0, 0.05) is 30.2 Å². The molecule has 0 spiro atoms. The van der Waals surface area contributed by atoms with E-state index in [4.69, 9.17) is 11.6 Å². The van der Waals surface area contributed by atoms with E-state index in [-0.39, 0.29) is 5.91 Å². The number of amides is 1. The first-order valence-electron chi connectivity index (χ1n) is 5.53. The molecular weight excluding hydrogens is 224 g/mol. The van der Waals surface area contributed by atoms with Crippen LogP contribution in [0.15, 0.2) is 24.3 Å². The fourth-order valence-corrected chi connectivity index (χ4v) is 2.04. The molecule has 1 heterocycles. The highest BCUT2D eigenvalue weighted by Crippen LogP contribution is 2.13. The molecule has 1 aliphatic rings. The second kappa shape index (κ2) is 5.32. The summed E-state index contributed by atoms with van der Waals surface area (Å²) in [6.45, 7) is 3.44. The van der Waals surface area contributed by atoms with Gasteiger partial charge in [0.1, 0.15) is 0 Å². The number of carbonyl (C=O) groups is 1. The van der Waals surface area contributed by atoms with Gasteiger partial charge in [-0.05, 0) is 31.2 Å². The topological polar surface area (TPSA) is 32.3 Å². The van der Waals surface area contributed by atoms with Crippen molar-refractivity contribution in [2.45, 2.75) is 6.42 Å². The van der Waals surface area contributed by atoms with Crippen LogP contribution in [0.1, 0.15) is 16.8 Å². The maximum absolute atomic E-state index is 12.1. The first kappa shape index (κ1) is 11.4. The van der Waals surface area contributed by atoms with E-state index in [1.54, 1.807) is 12.1 Å². The predicted molar refractivity (Wildman–Crippen MR) is 64.8 cm³/mol. The lowest BCUT2D eigenvalue weighted by Crippen LogP contribution is -2.34. The first-order valence-corrected chi connectivity index (χ1v) is 5.91. The minimum Gasteiger partial charge on any atom is -0.337 e. The molecule has 0 bridgehead atoms. The molecule has 0 radical (unpaired) electrons. The Kier molecular flexibility index (Phi) is 3.80. The second-order valence-corrected chi connectivity index (χ2v) is 4.34. The standard InChI is InChI=1S/C12H15ClN2O/c13-11-4-1-3-10(9-11)12(16)15-7-2-5-14-6-8-15/h1,3-4,9,14H,2,5-8H2. The van der Waals surface area contributed by atoms with Crippen molar-refractivity contribution >= 4 is 17.5 Å². The van der Waals surface area contributed by atoms with Crippen LogP contribution >= 0.6 is 11.6 Å². The molecule has 1 aromatic carbocycles. The van der Waals surface area contributed by atoms with Gasteiger partial charge in [-0.25, -0.2) is 0 Å². The van der Waals surface area contributed by atoms with Crippen molar-refractivity contribution in [1.29, 1.82) is 0 Å². The Morgan fingerprint density at radius 2 is 2.19 bits per heavy atom. The Bertz CT molecular complexity index is 373. The van der Waals surface area contributed by atoms with Crippen LogP contribution in [0.5, 0.6) is 0 Å². The second-order valence-electron chi connectivity index (χ2n) is 3.91. The molecule has 1 amide bonds. The Hall–Kier alpha value is -1.06. The van der Waals surface area contributed by atoms with Gasteiger partial charge >= 0.3 is 0 Å². The van der Waals surface area contributed by atoms with Crippen LogP contribution in [0.3, 0.4) is 0 Å². The van der Waals surface area contributed by atoms with Crippen molar-refractivity contribution in [2.75, 3.05) is 26.2 Å². The number of benzene rings is 1. The third-order valence-corrected chi connectivity index (χ3v) is 2.93. The van der Waals surface area contributed by atoms with E-state index in [2.05, 4.69) is 5.32 Å². The number of hydrogen-bond acceptors (Lipinski definition) is 2. The van der Waals surface area contributed by atoms with Crippen LogP contribution in [-0.2, 0) is 0 Å². The molecule has 1 N–H and O–H groups in total. The summed E-state index contributed by atoms with van der Waals surface area (Å²) in [6, 6.07) is 7.13. The molecule has 0 aliphatic carbocycles. The zero-order valence-electron chi connectivity index (χ0n) is 9.08. The van der Waals surface area contributed by atoms with Gasteiger partial charge in [0.2, 0.25) is 0 Å². The Balaban J connectivity index is 2.11. The summed E-state index contributed by atoms with van der Waals surface area (Å²) in [7, 11) is 0. The molecule has 0 atom stereocenters. The van der Waals surface area contributed by atoms with E-state index in [1.165, 1.54) is 0 Å². The van der Waals surface area contributed by atoms with Crippen LogP contribution in [0.25, 0.3) is 0 Å². The largest absolute Gasteiger partial charge is 0.337 e. The number of nitrogens with zero attached hydrogens (tertiary/aromatic N) is 1. The van der Waals surface area contributed by atoms with Gasteiger partial charge in [0.25, 0.3) is 5.91 Å². The summed E-state index contributed by atoms with van der Waals surface area (Å²) in [6.07, 6.45) is 1.01. The number of hydrogen-bond donors (Lipinski definition) is 1. The van der Waals surface area contributed by atoms with E-state index >= 15 is 0 Å². The summed E-state index contributed by atoms with van der Waals surface area (Å²) >= 11 is 5.88. The first-order chi connectivity index (χ1) is 7.77. The summed E-state index contributed by atoms with van der Waals surface area (Å²) in [5, 5.41) is 3.88. The van der Waals surface area contributed by atoms with Crippen LogP contribution in [0, 0.1) is 0 Å². The van der Waals surface area contributed by atoms with Gasteiger partial charge in [0.15, 0.2) is 0 Å². The lowest BCUT2D eigenvalue weighted by Gasteiger charge is -2.19. The van der Waals surface area contributed by atoms with Gasteiger partial charge in [-0.1, -0.05) is 17.7 Å². The molecule has 3 nitrogen and oxygen atoms in total. The van der Waals surface area contributed by atoms with Crippen LogP contribution in [0.4, 0.5) is 0 Å². The summed E-state index contributed by atoms with van der Waals surface area (Å²) in [4.78, 5) is 14.0. The Morgan fingerprint density at radius 1 is 1.31 bits per heavy atom. The predicted octanol–water partition coefficient (Wildman–Crippen LogP) is 1.78. The molecular formula is C12H15ClN2O. The fraction of sp³-hybridized carbons (Fsp3) is 0.417. The molecule has 2 rings (SSSR count). The quantitative estimate of drug-likeness (QED) is 0.809. The maximum atomic E-state index is 12.1. The molecule has 16 heavy (non-hydrogen) atoms. The lowest BCUT2D eigenvalue weighted by atomic mass is 10.2. The number of nitrogens with one attached hydrogen (secondary N) is 1. The molecule has 86 valence electrons. The van der Waals surface area contributed by atoms with Crippen molar-refractivity contribution in [3.63, 3.8) is 0 Å². The highest BCUT2D eigenvalue weighted by Gasteiger charge is 2.16. The third kappa shape index (κ3) is 2.74. The molecule has 0 aromatic heterocycles. The van der Waals surface area contributed by atoms with Crippen LogP contribution in [-0.4, -0.2) is 37.0 Å². The molecule has 0 unspecified atom stereocenters. The van der Waals surface area contributed by atoms with Gasteiger partial charge in [-0.2, -0.15) is 0 Å². The van der Waals surface area contributed by atoms with E-state index in [9.17, 15) is 4.79 Å². The minimum atomic E-state index is 0.0752. The van der Waals surface area contributed by atoms with E-state index < -0.39 is 0 Å². The van der Waals surface area contributed by atoms with Gasteiger partial charge in [-0.15, -0.1) is 0 Å². The normalized spacial score (nSPS) is 16.9. The SMILES string of the molecule is O=C(c1cccc(Cl)c1)N1CCCNCC1. The van der Waals surface area contributed by atoms with E-state index in [0.29, 0.717) is 10.6 Å². The van der Waals surface area contributed by atoms with Crippen LogP contribution < -0.4 is 5.32 Å². The van der Waals surface area contributed by atoms with Gasteiger partial charge in [-0.3, -0.25) is 4.79 Å². The van der Waals surface area contributed by atoms with Crippen molar-refractivity contribution in [1.82, 2.24) is 10.2 Å². The minimum absolute atomic E-state index is 0.0752. The highest BCUT2D eigenvalue weighted by atomic mass is 35.5. The zero-order chi connectivity index (χ0) is 11.4. The Morgan fingerprint density at radius 3 is 3.00 bits per heavy atom. The third-order valence-electron chi connectivity index (χ3n) is 2.70. The number of carbonyl (C=O) groups excluding carboxylic acids is 1. The number of halogens is 1. The van der Waals surface area contributed by atoms with Crippen molar-refractivity contribution in [3.8, 4) is 0 Å². The smallest absolute Gasteiger partial charge is 0.253 e. The zero-order valence-corrected chi connectivity index (χ0v) is 9.83. The molecule has 4 heteroatoms. The fourth-order valence-electron chi connectivity index (χ4n) is 1.85. The maximum Gasteiger partial charge on any atom is 0.253 e. The molecule has 1 aromatic rings. The number of rotatable bonds is 1. The molecule has 1 saturated heterocycles. The van der Waals surface area contributed by atoms with Crippen molar-refractivity contribution < 1.29 is 4.79 Å². The monoisotopic (exact) mass is 238 g/mol. The highest BCUT2D eigenvalue weighted by molar-refractivity contribution is 6.30. The van der Waals surface area contributed by atoms with E-state index in [0.717, 1.165) is 32.6 Å². The molecule has 1 fully saturated rings. The van der Waals surface area contributed by atoms with Crippen molar-refractivity contribution in [2.24, 2.45) is 0 Å². The van der Waals surface area contributed by atoms with Gasteiger partial charge in [0.05, 0.1) is 0 Å². The average Bonchev–Trinajstić information content (AvgIpc) is 2.56. The van der Waals surface area contributed by atoms with Gasteiger partial charge < -0.3 is 10.2 Å². The summed E-state index contributed by atoms with van der Waals surface area (Å²) < 4.78 is 0. The lowest BCUT2D eigenvalue weighted by molar-refractivity contribution is 0.0766.